The SMILES string of the molecule is Cc1ccc(S(C)(=O)=O)cc1NS(=O)(=O)c1c(C)nn(C)c1Cl. The molecule has 10 heteroatoms. The van der Waals surface area contributed by atoms with Crippen LogP contribution in [0.3, 0.4) is 0 Å². The van der Waals surface area contributed by atoms with E-state index in [0.717, 1.165) is 6.26 Å². The summed E-state index contributed by atoms with van der Waals surface area (Å²) < 4.78 is 52.0. The van der Waals surface area contributed by atoms with E-state index >= 15 is 0 Å². The molecule has 23 heavy (non-hydrogen) atoms. The Kier molecular flexibility index (Phi) is 4.49. The van der Waals surface area contributed by atoms with Gasteiger partial charge in [-0.2, -0.15) is 5.10 Å². The first-order valence-corrected chi connectivity index (χ1v) is 10.2. The van der Waals surface area contributed by atoms with Crippen LogP contribution in [0.5, 0.6) is 0 Å². The third-order valence-corrected chi connectivity index (χ3v) is 6.42. The molecule has 0 saturated heterocycles. The van der Waals surface area contributed by atoms with Crippen molar-refractivity contribution in [2.45, 2.75) is 23.6 Å². The van der Waals surface area contributed by atoms with Gasteiger partial charge in [-0.1, -0.05) is 17.7 Å². The van der Waals surface area contributed by atoms with Crippen molar-refractivity contribution in [3.05, 3.63) is 34.6 Å². The van der Waals surface area contributed by atoms with Crippen LogP contribution in [0.25, 0.3) is 0 Å². The zero-order chi connectivity index (χ0) is 17.6. The van der Waals surface area contributed by atoms with Gasteiger partial charge in [0.15, 0.2) is 9.84 Å². The molecule has 126 valence electrons. The van der Waals surface area contributed by atoms with Crippen molar-refractivity contribution in [2.75, 3.05) is 11.0 Å². The van der Waals surface area contributed by atoms with Crippen LogP contribution in [0.2, 0.25) is 5.15 Å². The minimum atomic E-state index is -4.00. The van der Waals surface area contributed by atoms with Gasteiger partial charge in [-0.25, -0.2) is 16.8 Å². The van der Waals surface area contributed by atoms with Gasteiger partial charge in [0.25, 0.3) is 10.0 Å². The Balaban J connectivity index is 2.54. The van der Waals surface area contributed by atoms with Gasteiger partial charge < -0.3 is 0 Å². The molecule has 1 aromatic heterocycles. The summed E-state index contributed by atoms with van der Waals surface area (Å²) in [6.45, 7) is 3.20. The van der Waals surface area contributed by atoms with Crippen LogP contribution < -0.4 is 4.72 Å². The zero-order valence-corrected chi connectivity index (χ0v) is 15.3. The minimum Gasteiger partial charge on any atom is -0.279 e. The van der Waals surface area contributed by atoms with Crippen molar-refractivity contribution >= 4 is 37.1 Å². The smallest absolute Gasteiger partial charge is 0.266 e. The molecule has 0 unspecified atom stereocenters. The van der Waals surface area contributed by atoms with Crippen LogP contribution in [0.1, 0.15) is 11.3 Å². The molecule has 1 N–H and O–H groups in total. The Labute approximate surface area is 140 Å². The number of anilines is 1. The number of hydrogen-bond donors (Lipinski definition) is 1. The van der Waals surface area contributed by atoms with Gasteiger partial charge in [-0.15, -0.1) is 0 Å². The van der Waals surface area contributed by atoms with Crippen molar-refractivity contribution in [3.8, 4) is 0 Å². The third-order valence-electron chi connectivity index (χ3n) is 3.25. The molecular weight excluding hydrogens is 362 g/mol. The lowest BCUT2D eigenvalue weighted by Gasteiger charge is -2.11. The van der Waals surface area contributed by atoms with E-state index in [2.05, 4.69) is 9.82 Å². The van der Waals surface area contributed by atoms with E-state index in [9.17, 15) is 16.8 Å². The zero-order valence-electron chi connectivity index (χ0n) is 13.0. The molecule has 0 atom stereocenters. The minimum absolute atomic E-state index is 0.0214. The first-order valence-electron chi connectivity index (χ1n) is 6.46. The fourth-order valence-corrected chi connectivity index (χ4v) is 4.57. The van der Waals surface area contributed by atoms with Gasteiger partial charge in [0, 0.05) is 13.3 Å². The number of aryl methyl sites for hydroxylation is 3. The van der Waals surface area contributed by atoms with Gasteiger partial charge in [-0.05, 0) is 31.5 Å². The van der Waals surface area contributed by atoms with E-state index < -0.39 is 19.9 Å². The van der Waals surface area contributed by atoms with Crippen LogP contribution >= 0.6 is 11.6 Å². The molecule has 0 bridgehead atoms. The molecule has 1 aromatic carbocycles. The summed E-state index contributed by atoms with van der Waals surface area (Å²) in [7, 11) is -5.92. The number of aromatic nitrogens is 2. The van der Waals surface area contributed by atoms with Crippen LogP contribution in [-0.4, -0.2) is 32.9 Å². The molecule has 2 aromatic rings. The number of hydrogen-bond acceptors (Lipinski definition) is 5. The average molecular weight is 378 g/mol. The number of rotatable bonds is 4. The maximum atomic E-state index is 12.6. The summed E-state index contributed by atoms with van der Waals surface area (Å²) in [6, 6.07) is 4.23. The molecule has 2 rings (SSSR count). The fourth-order valence-electron chi connectivity index (χ4n) is 2.05. The third kappa shape index (κ3) is 3.51. The fraction of sp³-hybridized carbons (Fsp3) is 0.308. The first kappa shape index (κ1) is 17.8. The monoisotopic (exact) mass is 377 g/mol. The molecule has 0 amide bonds. The Morgan fingerprint density at radius 1 is 1.17 bits per heavy atom. The Morgan fingerprint density at radius 3 is 2.26 bits per heavy atom. The predicted molar refractivity (Wildman–Crippen MR) is 88.1 cm³/mol. The highest BCUT2D eigenvalue weighted by Gasteiger charge is 2.26. The second-order valence-corrected chi connectivity index (χ2v) is 9.18. The highest BCUT2D eigenvalue weighted by molar-refractivity contribution is 7.93. The maximum Gasteiger partial charge on any atom is 0.266 e. The summed E-state index contributed by atoms with van der Waals surface area (Å²) in [6.07, 6.45) is 1.05. The van der Waals surface area contributed by atoms with Gasteiger partial charge >= 0.3 is 0 Å². The predicted octanol–water partition coefficient (Wildman–Crippen LogP) is 1.89. The normalized spacial score (nSPS) is 12.4. The standard InChI is InChI=1S/C13H16ClN3O4S2/c1-8-5-6-10(22(4,18)19)7-11(8)16-23(20,21)12-9(2)15-17(3)13(12)14/h5-7,16H,1-4H3. The Bertz CT molecular complexity index is 979. The number of halogens is 1. The van der Waals surface area contributed by atoms with Crippen molar-refractivity contribution in [1.29, 1.82) is 0 Å². The second kappa shape index (κ2) is 5.81. The van der Waals surface area contributed by atoms with Gasteiger partial charge in [0.05, 0.1) is 16.3 Å². The summed E-state index contributed by atoms with van der Waals surface area (Å²) in [5.41, 5.74) is 1.01. The van der Waals surface area contributed by atoms with Crippen molar-refractivity contribution in [3.63, 3.8) is 0 Å². The molecule has 0 aliphatic heterocycles. The topological polar surface area (TPSA) is 98.1 Å². The van der Waals surface area contributed by atoms with Gasteiger partial charge in [-0.3, -0.25) is 9.40 Å². The molecule has 0 fully saturated rings. The maximum absolute atomic E-state index is 12.6. The molecule has 0 spiro atoms. The van der Waals surface area contributed by atoms with Crippen LogP contribution in [0.15, 0.2) is 28.0 Å². The quantitative estimate of drug-likeness (QED) is 0.877. The molecule has 0 radical (unpaired) electrons. The first-order chi connectivity index (χ1) is 10.4. The van der Waals surface area contributed by atoms with Gasteiger partial charge in [0.2, 0.25) is 0 Å². The number of sulfone groups is 1. The lowest BCUT2D eigenvalue weighted by Crippen LogP contribution is -2.15. The Hall–Kier alpha value is -1.58. The number of nitrogens with zero attached hydrogens (tertiary/aromatic N) is 2. The molecular formula is C13H16ClN3O4S2. The molecule has 0 aliphatic rings. The summed E-state index contributed by atoms with van der Waals surface area (Å²) in [5.74, 6) is 0. The number of nitrogens with one attached hydrogen (secondary N) is 1. The molecule has 1 heterocycles. The van der Waals surface area contributed by atoms with Crippen molar-refractivity contribution < 1.29 is 16.8 Å². The molecule has 0 aliphatic carbocycles. The Morgan fingerprint density at radius 2 is 1.78 bits per heavy atom. The van der Waals surface area contributed by atoms with Crippen LogP contribution in [-0.2, 0) is 26.9 Å². The van der Waals surface area contributed by atoms with E-state index in [0.29, 0.717) is 5.56 Å². The highest BCUT2D eigenvalue weighted by atomic mass is 35.5. The van der Waals surface area contributed by atoms with Gasteiger partial charge in [0.1, 0.15) is 10.0 Å². The lowest BCUT2D eigenvalue weighted by atomic mass is 10.2. The van der Waals surface area contributed by atoms with E-state index in [1.54, 1.807) is 6.92 Å². The summed E-state index contributed by atoms with van der Waals surface area (Å²) in [4.78, 5) is -0.111. The van der Waals surface area contributed by atoms with Crippen molar-refractivity contribution in [1.82, 2.24) is 9.78 Å². The molecule has 0 saturated carbocycles. The van der Waals surface area contributed by atoms with E-state index in [-0.39, 0.29) is 26.3 Å². The number of benzene rings is 1. The average Bonchev–Trinajstić information content (AvgIpc) is 2.64. The van der Waals surface area contributed by atoms with E-state index in [1.165, 1.54) is 36.9 Å². The van der Waals surface area contributed by atoms with Crippen molar-refractivity contribution in [2.24, 2.45) is 7.05 Å². The second-order valence-electron chi connectivity index (χ2n) is 5.18. The highest BCUT2D eigenvalue weighted by Crippen LogP contribution is 2.28. The van der Waals surface area contributed by atoms with Crippen LogP contribution in [0, 0.1) is 13.8 Å². The van der Waals surface area contributed by atoms with E-state index in [1.807, 2.05) is 0 Å². The number of sulfonamides is 1. The lowest BCUT2D eigenvalue weighted by molar-refractivity contribution is 0.598. The molecule has 7 nitrogen and oxygen atoms in total. The summed E-state index contributed by atoms with van der Waals surface area (Å²) >= 11 is 5.99. The van der Waals surface area contributed by atoms with E-state index in [4.69, 9.17) is 11.6 Å². The van der Waals surface area contributed by atoms with Crippen LogP contribution in [0.4, 0.5) is 5.69 Å². The summed E-state index contributed by atoms with van der Waals surface area (Å²) in [5, 5.41) is 3.95. The largest absolute Gasteiger partial charge is 0.279 e.